The molecule has 1 unspecified atom stereocenters. The summed E-state index contributed by atoms with van der Waals surface area (Å²) in [6.07, 6.45) is 8.09. The molecule has 0 aromatic carbocycles. The van der Waals surface area contributed by atoms with Gasteiger partial charge in [-0.05, 0) is 58.2 Å². The van der Waals surface area contributed by atoms with Crippen molar-refractivity contribution in [1.82, 2.24) is 15.5 Å². The fraction of sp³-hybridized carbons (Fsp3) is 0.941. The van der Waals surface area contributed by atoms with E-state index < -0.39 is 0 Å². The van der Waals surface area contributed by atoms with E-state index in [-0.39, 0.29) is 0 Å². The predicted molar refractivity (Wildman–Crippen MR) is 92.9 cm³/mol. The van der Waals surface area contributed by atoms with Crippen molar-refractivity contribution in [2.24, 2.45) is 10.9 Å². The second-order valence-corrected chi connectivity index (χ2v) is 6.64. The molecule has 1 heterocycles. The Morgan fingerprint density at radius 2 is 1.76 bits per heavy atom. The number of nitrogens with one attached hydrogen (secondary N) is 2. The summed E-state index contributed by atoms with van der Waals surface area (Å²) in [5.74, 6) is 1.56. The number of unbranched alkanes of at least 4 members (excludes halogenated alkanes) is 2. The average molecular weight is 297 g/mol. The molecule has 0 aromatic rings. The van der Waals surface area contributed by atoms with Gasteiger partial charge < -0.3 is 15.5 Å². The van der Waals surface area contributed by atoms with Crippen LogP contribution in [0.4, 0.5) is 0 Å². The standard InChI is InChI=1S/C17H36N4/c1-15(2)16(3)20-17(18-4)19-11-7-5-8-12-21-13-9-6-10-14-21/h15-16H,5-14H2,1-4H3,(H2,18,19,20). The van der Waals surface area contributed by atoms with Crippen LogP contribution in [0.25, 0.3) is 0 Å². The van der Waals surface area contributed by atoms with Crippen LogP contribution in [0.1, 0.15) is 59.3 Å². The highest BCUT2D eigenvalue weighted by molar-refractivity contribution is 5.79. The molecule has 1 fully saturated rings. The van der Waals surface area contributed by atoms with E-state index in [0.29, 0.717) is 12.0 Å². The molecule has 0 amide bonds. The van der Waals surface area contributed by atoms with Gasteiger partial charge in [0, 0.05) is 19.6 Å². The number of rotatable bonds is 8. The lowest BCUT2D eigenvalue weighted by molar-refractivity contribution is 0.224. The molecule has 1 aliphatic heterocycles. The molecular formula is C17H36N4. The van der Waals surface area contributed by atoms with Crippen molar-refractivity contribution in [3.05, 3.63) is 0 Å². The number of hydrogen-bond donors (Lipinski definition) is 2. The highest BCUT2D eigenvalue weighted by atomic mass is 15.2. The maximum atomic E-state index is 4.29. The maximum absolute atomic E-state index is 4.29. The molecule has 0 saturated carbocycles. The van der Waals surface area contributed by atoms with Gasteiger partial charge in [0.05, 0.1) is 0 Å². The SMILES string of the molecule is CN=C(NCCCCCN1CCCCC1)NC(C)C(C)C. The van der Waals surface area contributed by atoms with E-state index in [0.717, 1.165) is 12.5 Å². The number of hydrogen-bond acceptors (Lipinski definition) is 2. The van der Waals surface area contributed by atoms with Crippen molar-refractivity contribution >= 4 is 5.96 Å². The smallest absolute Gasteiger partial charge is 0.191 e. The number of guanidine groups is 1. The van der Waals surface area contributed by atoms with Crippen LogP contribution in [0.5, 0.6) is 0 Å². The summed E-state index contributed by atoms with van der Waals surface area (Å²) >= 11 is 0. The minimum absolute atomic E-state index is 0.454. The van der Waals surface area contributed by atoms with Crippen molar-refractivity contribution < 1.29 is 0 Å². The van der Waals surface area contributed by atoms with Crippen LogP contribution in [0, 0.1) is 5.92 Å². The van der Waals surface area contributed by atoms with Gasteiger partial charge in [0.15, 0.2) is 5.96 Å². The fourth-order valence-electron chi connectivity index (χ4n) is 2.60. The van der Waals surface area contributed by atoms with Gasteiger partial charge in [-0.2, -0.15) is 0 Å². The lowest BCUT2D eigenvalue weighted by Gasteiger charge is -2.26. The molecule has 0 bridgehead atoms. The second-order valence-electron chi connectivity index (χ2n) is 6.64. The number of nitrogens with zero attached hydrogens (tertiary/aromatic N) is 2. The monoisotopic (exact) mass is 296 g/mol. The van der Waals surface area contributed by atoms with Gasteiger partial charge in [0.2, 0.25) is 0 Å². The Labute approximate surface area is 131 Å². The number of piperidine rings is 1. The van der Waals surface area contributed by atoms with E-state index >= 15 is 0 Å². The Bertz CT molecular complexity index is 283. The van der Waals surface area contributed by atoms with Crippen LogP contribution in [-0.4, -0.2) is 50.1 Å². The van der Waals surface area contributed by atoms with E-state index in [1.54, 1.807) is 0 Å². The van der Waals surface area contributed by atoms with E-state index in [1.807, 2.05) is 7.05 Å². The quantitative estimate of drug-likeness (QED) is 0.411. The second kappa shape index (κ2) is 10.9. The van der Waals surface area contributed by atoms with Crippen LogP contribution in [0.3, 0.4) is 0 Å². The maximum Gasteiger partial charge on any atom is 0.191 e. The van der Waals surface area contributed by atoms with Crippen LogP contribution >= 0.6 is 0 Å². The number of aliphatic imine (C=N–C) groups is 1. The molecule has 1 aliphatic rings. The van der Waals surface area contributed by atoms with Crippen LogP contribution in [0.2, 0.25) is 0 Å². The first kappa shape index (κ1) is 18.3. The molecule has 1 saturated heterocycles. The van der Waals surface area contributed by atoms with Crippen molar-refractivity contribution in [2.45, 2.75) is 65.3 Å². The van der Waals surface area contributed by atoms with Crippen LogP contribution < -0.4 is 10.6 Å². The molecule has 0 radical (unpaired) electrons. The van der Waals surface area contributed by atoms with Gasteiger partial charge in [-0.15, -0.1) is 0 Å². The normalized spacial score (nSPS) is 18.8. The Morgan fingerprint density at radius 1 is 1.05 bits per heavy atom. The van der Waals surface area contributed by atoms with Gasteiger partial charge in [0.25, 0.3) is 0 Å². The predicted octanol–water partition coefficient (Wildman–Crippen LogP) is 2.85. The van der Waals surface area contributed by atoms with Crippen LogP contribution in [-0.2, 0) is 0 Å². The van der Waals surface area contributed by atoms with Crippen molar-refractivity contribution in [3.63, 3.8) is 0 Å². The highest BCUT2D eigenvalue weighted by Gasteiger charge is 2.09. The molecule has 4 heteroatoms. The van der Waals surface area contributed by atoms with Crippen molar-refractivity contribution in [3.8, 4) is 0 Å². The minimum Gasteiger partial charge on any atom is -0.356 e. The van der Waals surface area contributed by atoms with Gasteiger partial charge >= 0.3 is 0 Å². The Morgan fingerprint density at radius 3 is 2.38 bits per heavy atom. The van der Waals surface area contributed by atoms with Gasteiger partial charge in [0.1, 0.15) is 0 Å². The molecule has 124 valence electrons. The highest BCUT2D eigenvalue weighted by Crippen LogP contribution is 2.09. The molecule has 1 rings (SSSR count). The summed E-state index contributed by atoms with van der Waals surface area (Å²) in [6, 6.07) is 0.454. The zero-order chi connectivity index (χ0) is 15.5. The summed E-state index contributed by atoms with van der Waals surface area (Å²) in [6.45, 7) is 11.6. The summed E-state index contributed by atoms with van der Waals surface area (Å²) in [7, 11) is 1.85. The molecule has 1 atom stereocenters. The Balaban J connectivity index is 2.01. The summed E-state index contributed by atoms with van der Waals surface area (Å²) in [4.78, 5) is 6.91. The third-order valence-corrected chi connectivity index (χ3v) is 4.48. The minimum atomic E-state index is 0.454. The Kier molecular flexibility index (Phi) is 9.48. The molecule has 4 nitrogen and oxygen atoms in total. The lowest BCUT2D eigenvalue weighted by Crippen LogP contribution is -2.44. The van der Waals surface area contributed by atoms with E-state index in [1.165, 1.54) is 58.2 Å². The van der Waals surface area contributed by atoms with Crippen molar-refractivity contribution in [1.29, 1.82) is 0 Å². The Hall–Kier alpha value is -0.770. The van der Waals surface area contributed by atoms with E-state index in [9.17, 15) is 0 Å². The number of likely N-dealkylation sites (tertiary alicyclic amines) is 1. The zero-order valence-electron chi connectivity index (χ0n) is 14.6. The first-order valence-electron chi connectivity index (χ1n) is 8.83. The van der Waals surface area contributed by atoms with Gasteiger partial charge in [-0.25, -0.2) is 0 Å². The average Bonchev–Trinajstić information content (AvgIpc) is 2.50. The third kappa shape index (κ3) is 8.30. The first-order chi connectivity index (χ1) is 10.1. The van der Waals surface area contributed by atoms with E-state index in [4.69, 9.17) is 0 Å². The molecule has 0 spiro atoms. The molecule has 0 aromatic heterocycles. The largest absolute Gasteiger partial charge is 0.356 e. The lowest BCUT2D eigenvalue weighted by atomic mass is 10.1. The fourth-order valence-corrected chi connectivity index (χ4v) is 2.60. The van der Waals surface area contributed by atoms with Gasteiger partial charge in [-0.1, -0.05) is 26.7 Å². The van der Waals surface area contributed by atoms with E-state index in [2.05, 4.69) is 41.3 Å². The summed E-state index contributed by atoms with van der Waals surface area (Å²) < 4.78 is 0. The molecular weight excluding hydrogens is 260 g/mol. The summed E-state index contributed by atoms with van der Waals surface area (Å²) in [5, 5.41) is 6.86. The van der Waals surface area contributed by atoms with Crippen molar-refractivity contribution in [2.75, 3.05) is 33.2 Å². The first-order valence-corrected chi connectivity index (χ1v) is 8.83. The van der Waals surface area contributed by atoms with Gasteiger partial charge in [-0.3, -0.25) is 4.99 Å². The summed E-state index contributed by atoms with van der Waals surface area (Å²) in [5.41, 5.74) is 0. The third-order valence-electron chi connectivity index (χ3n) is 4.48. The molecule has 2 N–H and O–H groups in total. The molecule has 0 aliphatic carbocycles. The zero-order valence-corrected chi connectivity index (χ0v) is 14.6. The van der Waals surface area contributed by atoms with Crippen LogP contribution in [0.15, 0.2) is 4.99 Å². The topological polar surface area (TPSA) is 39.7 Å². The molecule has 21 heavy (non-hydrogen) atoms.